The first-order chi connectivity index (χ1) is 14.6. The zero-order chi connectivity index (χ0) is 21.3. The number of hydrogen-bond acceptors (Lipinski definition) is 4. The van der Waals surface area contributed by atoms with Gasteiger partial charge in [0.25, 0.3) is 0 Å². The van der Waals surface area contributed by atoms with Gasteiger partial charge in [0.05, 0.1) is 19.2 Å². The van der Waals surface area contributed by atoms with Gasteiger partial charge in [-0.25, -0.2) is 4.39 Å². The monoisotopic (exact) mass is 429 g/mol. The maximum atomic E-state index is 13.9. The molecule has 0 unspecified atom stereocenters. The van der Waals surface area contributed by atoms with E-state index in [0.29, 0.717) is 28.6 Å². The molecule has 30 heavy (non-hydrogen) atoms. The molecule has 0 bridgehead atoms. The van der Waals surface area contributed by atoms with E-state index >= 15 is 0 Å². The molecule has 4 nitrogen and oxygen atoms in total. The summed E-state index contributed by atoms with van der Waals surface area (Å²) in [5.41, 5.74) is 2.64. The minimum atomic E-state index is -0.390. The smallest absolute Gasteiger partial charge is 0.161 e. The van der Waals surface area contributed by atoms with E-state index in [1.165, 1.54) is 11.6 Å². The van der Waals surface area contributed by atoms with Crippen molar-refractivity contribution in [3.8, 4) is 17.2 Å². The van der Waals surface area contributed by atoms with Crippen molar-refractivity contribution in [3.05, 3.63) is 88.2 Å². The van der Waals surface area contributed by atoms with E-state index in [4.69, 9.17) is 25.8 Å². The molecule has 0 saturated heterocycles. The number of nitrogens with one attached hydrogen (secondary N) is 1. The fourth-order valence-corrected chi connectivity index (χ4v) is 3.24. The second kappa shape index (κ2) is 10.9. The largest absolute Gasteiger partial charge is 0.497 e. The van der Waals surface area contributed by atoms with Gasteiger partial charge in [-0.1, -0.05) is 35.9 Å². The zero-order valence-electron chi connectivity index (χ0n) is 17.1. The van der Waals surface area contributed by atoms with Crippen LogP contribution in [0, 0.1) is 5.82 Å². The van der Waals surface area contributed by atoms with Crippen molar-refractivity contribution in [2.24, 2.45) is 0 Å². The van der Waals surface area contributed by atoms with Gasteiger partial charge in [0.15, 0.2) is 11.5 Å². The maximum Gasteiger partial charge on any atom is 0.161 e. The Morgan fingerprint density at radius 3 is 2.37 bits per heavy atom. The predicted octanol–water partition coefficient (Wildman–Crippen LogP) is 5.41. The van der Waals surface area contributed by atoms with Gasteiger partial charge < -0.3 is 19.5 Å². The third-order valence-electron chi connectivity index (χ3n) is 4.74. The highest BCUT2D eigenvalue weighted by Gasteiger charge is 2.11. The van der Waals surface area contributed by atoms with Gasteiger partial charge >= 0.3 is 0 Å². The van der Waals surface area contributed by atoms with Gasteiger partial charge in [-0.2, -0.15) is 0 Å². The van der Waals surface area contributed by atoms with E-state index in [0.717, 1.165) is 24.3 Å². The summed E-state index contributed by atoms with van der Waals surface area (Å²) >= 11 is 6.06. The maximum absolute atomic E-state index is 13.9. The highest BCUT2D eigenvalue weighted by molar-refractivity contribution is 6.31. The molecule has 0 aliphatic heterocycles. The van der Waals surface area contributed by atoms with Gasteiger partial charge in [-0.15, -0.1) is 0 Å². The zero-order valence-corrected chi connectivity index (χ0v) is 17.8. The first-order valence-electron chi connectivity index (χ1n) is 9.67. The molecule has 1 N–H and O–H groups in total. The minimum absolute atomic E-state index is 0.0291. The van der Waals surface area contributed by atoms with Crippen LogP contribution >= 0.6 is 11.6 Å². The van der Waals surface area contributed by atoms with Crippen molar-refractivity contribution < 1.29 is 18.6 Å². The molecule has 0 aliphatic rings. The predicted molar refractivity (Wildman–Crippen MR) is 117 cm³/mol. The highest BCUT2D eigenvalue weighted by Crippen LogP contribution is 2.30. The Labute approximate surface area is 181 Å². The number of benzene rings is 3. The average molecular weight is 430 g/mol. The first kappa shape index (κ1) is 21.9. The molecule has 0 amide bonds. The van der Waals surface area contributed by atoms with Crippen LogP contribution in [-0.2, 0) is 19.6 Å². The van der Waals surface area contributed by atoms with Crippen molar-refractivity contribution >= 4 is 11.6 Å². The Kier molecular flexibility index (Phi) is 7.94. The molecule has 0 radical (unpaired) electrons. The molecule has 6 heteroatoms. The molecule has 3 aromatic carbocycles. The van der Waals surface area contributed by atoms with E-state index in [-0.39, 0.29) is 12.4 Å². The third-order valence-corrected chi connectivity index (χ3v) is 5.09. The highest BCUT2D eigenvalue weighted by atomic mass is 35.5. The Bertz CT molecular complexity index is 943. The van der Waals surface area contributed by atoms with Crippen LogP contribution in [0.3, 0.4) is 0 Å². The van der Waals surface area contributed by atoms with Crippen LogP contribution < -0.4 is 19.5 Å². The van der Waals surface area contributed by atoms with Crippen molar-refractivity contribution in [3.63, 3.8) is 0 Å². The van der Waals surface area contributed by atoms with Crippen molar-refractivity contribution in [1.29, 1.82) is 0 Å². The fraction of sp³-hybridized carbons (Fsp3) is 0.250. The van der Waals surface area contributed by atoms with Crippen LogP contribution in [0.4, 0.5) is 4.39 Å². The van der Waals surface area contributed by atoms with Gasteiger partial charge in [0.2, 0.25) is 0 Å². The first-order valence-corrected chi connectivity index (χ1v) is 10.0. The SMILES string of the molecule is COc1ccc(CCNCc2ccc(OCc3c(F)cccc3Cl)c(OC)c2)cc1. The van der Waals surface area contributed by atoms with Crippen molar-refractivity contribution in [2.75, 3.05) is 20.8 Å². The molecule has 0 heterocycles. The molecule has 0 atom stereocenters. The van der Waals surface area contributed by atoms with E-state index in [2.05, 4.69) is 17.4 Å². The lowest BCUT2D eigenvalue weighted by Crippen LogP contribution is -2.16. The number of hydrogen-bond donors (Lipinski definition) is 1. The van der Waals surface area contributed by atoms with Crippen molar-refractivity contribution in [1.82, 2.24) is 5.32 Å². The lowest BCUT2D eigenvalue weighted by atomic mass is 10.1. The second-order valence-electron chi connectivity index (χ2n) is 6.75. The standard InChI is InChI=1S/C24H25ClFNO3/c1-28-19-9-6-17(7-10-19)12-13-27-15-18-8-11-23(24(14-18)29-2)30-16-20-21(25)4-3-5-22(20)26/h3-11,14,27H,12-13,15-16H2,1-2H3. The summed E-state index contributed by atoms with van der Waals surface area (Å²) in [5.74, 6) is 1.60. The Morgan fingerprint density at radius 1 is 0.900 bits per heavy atom. The van der Waals surface area contributed by atoms with Crippen molar-refractivity contribution in [2.45, 2.75) is 19.6 Å². The molecule has 0 aromatic heterocycles. The molecule has 0 aliphatic carbocycles. The summed E-state index contributed by atoms with van der Waals surface area (Å²) < 4.78 is 30.3. The quantitative estimate of drug-likeness (QED) is 0.437. The lowest BCUT2D eigenvalue weighted by molar-refractivity contribution is 0.279. The molecular formula is C24H25ClFNO3. The number of methoxy groups -OCH3 is 2. The third kappa shape index (κ3) is 5.88. The second-order valence-corrected chi connectivity index (χ2v) is 7.16. The Balaban J connectivity index is 1.53. The summed E-state index contributed by atoms with van der Waals surface area (Å²) in [4.78, 5) is 0. The van der Waals surface area contributed by atoms with Crippen LogP contribution in [0.5, 0.6) is 17.2 Å². The number of ether oxygens (including phenoxy) is 3. The van der Waals surface area contributed by atoms with Crippen LogP contribution in [0.25, 0.3) is 0 Å². The molecule has 0 spiro atoms. The van der Waals surface area contributed by atoms with Crippen LogP contribution in [-0.4, -0.2) is 20.8 Å². The molecule has 0 fully saturated rings. The summed E-state index contributed by atoms with van der Waals surface area (Å²) in [6, 6.07) is 18.3. The minimum Gasteiger partial charge on any atom is -0.497 e. The van der Waals surface area contributed by atoms with E-state index < -0.39 is 0 Å². The fourth-order valence-electron chi connectivity index (χ4n) is 3.02. The van der Waals surface area contributed by atoms with Gasteiger partial charge in [0.1, 0.15) is 18.2 Å². The summed E-state index contributed by atoms with van der Waals surface area (Å²) in [7, 11) is 3.25. The van der Waals surface area contributed by atoms with E-state index in [1.807, 2.05) is 30.3 Å². The Hall–Kier alpha value is -2.76. The average Bonchev–Trinajstić information content (AvgIpc) is 2.77. The van der Waals surface area contributed by atoms with E-state index in [1.54, 1.807) is 26.4 Å². The lowest BCUT2D eigenvalue weighted by Gasteiger charge is -2.14. The molecular weight excluding hydrogens is 405 g/mol. The summed E-state index contributed by atoms with van der Waals surface area (Å²) in [6.07, 6.45) is 0.922. The normalized spacial score (nSPS) is 10.7. The number of halogens is 2. The van der Waals surface area contributed by atoms with Gasteiger partial charge in [-0.3, -0.25) is 0 Å². The number of rotatable bonds is 10. The van der Waals surface area contributed by atoms with Gasteiger partial charge in [0, 0.05) is 12.1 Å². The van der Waals surface area contributed by atoms with Gasteiger partial charge in [-0.05, 0) is 60.5 Å². The van der Waals surface area contributed by atoms with E-state index in [9.17, 15) is 4.39 Å². The molecule has 3 rings (SSSR count). The Morgan fingerprint density at radius 2 is 1.67 bits per heavy atom. The summed E-state index contributed by atoms with van der Waals surface area (Å²) in [5, 5.41) is 3.77. The topological polar surface area (TPSA) is 39.7 Å². The van der Waals surface area contributed by atoms with Crippen LogP contribution in [0.1, 0.15) is 16.7 Å². The summed E-state index contributed by atoms with van der Waals surface area (Å²) in [6.45, 7) is 1.58. The van der Waals surface area contributed by atoms with Crippen LogP contribution in [0.2, 0.25) is 5.02 Å². The molecule has 0 saturated carbocycles. The molecule has 3 aromatic rings. The van der Waals surface area contributed by atoms with Crippen LogP contribution in [0.15, 0.2) is 60.7 Å². The molecule has 158 valence electrons.